The van der Waals surface area contributed by atoms with Gasteiger partial charge in [-0.25, -0.2) is 4.98 Å². The summed E-state index contributed by atoms with van der Waals surface area (Å²) in [4.78, 5) is 4.19. The number of fused-ring (bicyclic) bond motifs is 1. The minimum atomic E-state index is 0.553. The molecule has 0 radical (unpaired) electrons. The lowest BCUT2D eigenvalue weighted by Gasteiger charge is -2.04. The van der Waals surface area contributed by atoms with Crippen LogP contribution < -0.4 is 4.74 Å². The number of thiazole rings is 1. The molecule has 0 amide bonds. The quantitative estimate of drug-likeness (QED) is 0.665. The number of hydrogen-bond acceptors (Lipinski definition) is 3. The Hall–Kier alpha value is -1.58. The van der Waals surface area contributed by atoms with Crippen LogP contribution in [-0.2, 0) is 0 Å². The summed E-state index contributed by atoms with van der Waals surface area (Å²) in [6.07, 6.45) is 0. The monoisotopic (exact) mass is 261 g/mol. The van der Waals surface area contributed by atoms with Crippen molar-refractivity contribution in [3.63, 3.8) is 0 Å². The Balaban J connectivity index is 1.95. The van der Waals surface area contributed by atoms with Gasteiger partial charge in [-0.2, -0.15) is 0 Å². The summed E-state index contributed by atoms with van der Waals surface area (Å²) in [5.41, 5.74) is 0.903. The van der Waals surface area contributed by atoms with E-state index < -0.39 is 0 Å². The summed E-state index contributed by atoms with van der Waals surface area (Å²) in [6.45, 7) is 0. The Labute approximate surface area is 107 Å². The molecule has 0 unspecified atom stereocenters. The van der Waals surface area contributed by atoms with Gasteiger partial charge in [0.05, 0.1) is 10.2 Å². The molecule has 2 nitrogen and oxygen atoms in total. The van der Waals surface area contributed by atoms with Gasteiger partial charge in [0.25, 0.3) is 0 Å². The maximum Gasteiger partial charge on any atom is 0.184 e. The molecular formula is C13H8ClNOS. The van der Waals surface area contributed by atoms with Gasteiger partial charge < -0.3 is 4.74 Å². The summed E-state index contributed by atoms with van der Waals surface area (Å²) in [5, 5.41) is 0. The molecule has 17 heavy (non-hydrogen) atoms. The van der Waals surface area contributed by atoms with Crippen LogP contribution in [0.15, 0.2) is 48.5 Å². The molecule has 0 aliphatic carbocycles. The maximum atomic E-state index is 5.86. The van der Waals surface area contributed by atoms with Crippen LogP contribution in [0.4, 0.5) is 0 Å². The molecule has 0 spiro atoms. The fourth-order valence-electron chi connectivity index (χ4n) is 1.56. The van der Waals surface area contributed by atoms with Crippen molar-refractivity contribution in [1.29, 1.82) is 0 Å². The highest BCUT2D eigenvalue weighted by atomic mass is 35.5. The lowest BCUT2D eigenvalue weighted by Crippen LogP contribution is -1.82. The van der Waals surface area contributed by atoms with Gasteiger partial charge in [-0.3, -0.25) is 0 Å². The molecule has 84 valence electrons. The minimum Gasteiger partial charge on any atom is -0.457 e. The molecule has 4 heteroatoms. The average molecular weight is 262 g/mol. The SMILES string of the molecule is Clc1nc2ccc(Oc3ccccc3)cc2s1. The fraction of sp³-hybridized carbons (Fsp3) is 0. The molecule has 1 aromatic heterocycles. The van der Waals surface area contributed by atoms with Crippen molar-refractivity contribution in [2.24, 2.45) is 0 Å². The van der Waals surface area contributed by atoms with Crippen LogP contribution in [0, 0.1) is 0 Å². The highest BCUT2D eigenvalue weighted by Crippen LogP contribution is 2.30. The van der Waals surface area contributed by atoms with Crippen molar-refractivity contribution in [2.45, 2.75) is 0 Å². The summed E-state index contributed by atoms with van der Waals surface area (Å²) < 4.78 is 7.32. The van der Waals surface area contributed by atoms with Gasteiger partial charge in [0.15, 0.2) is 4.47 Å². The zero-order valence-electron chi connectivity index (χ0n) is 8.76. The molecule has 0 aliphatic rings. The summed E-state index contributed by atoms with van der Waals surface area (Å²) >= 11 is 7.31. The van der Waals surface area contributed by atoms with Crippen LogP contribution in [0.2, 0.25) is 4.47 Å². The van der Waals surface area contributed by atoms with E-state index in [4.69, 9.17) is 16.3 Å². The standard InChI is InChI=1S/C13H8ClNOS/c14-13-15-11-7-6-10(8-12(11)17-13)16-9-4-2-1-3-5-9/h1-8H. The van der Waals surface area contributed by atoms with Gasteiger partial charge in [-0.15, -0.1) is 11.3 Å². The Morgan fingerprint density at radius 1 is 1.00 bits per heavy atom. The molecule has 3 aromatic rings. The largest absolute Gasteiger partial charge is 0.457 e. The molecule has 0 N–H and O–H groups in total. The summed E-state index contributed by atoms with van der Waals surface area (Å²) in [6, 6.07) is 15.4. The third kappa shape index (κ3) is 2.25. The molecule has 0 bridgehead atoms. The molecule has 0 atom stereocenters. The summed E-state index contributed by atoms with van der Waals surface area (Å²) in [7, 11) is 0. The third-order valence-electron chi connectivity index (χ3n) is 2.31. The van der Waals surface area contributed by atoms with E-state index in [2.05, 4.69) is 4.98 Å². The van der Waals surface area contributed by atoms with Gasteiger partial charge in [0, 0.05) is 6.07 Å². The first-order chi connectivity index (χ1) is 8.31. The van der Waals surface area contributed by atoms with Crippen LogP contribution in [0.25, 0.3) is 10.2 Å². The fourth-order valence-corrected chi connectivity index (χ4v) is 2.62. The second-order valence-corrected chi connectivity index (χ2v) is 5.12. The Kier molecular flexibility index (Phi) is 2.71. The minimum absolute atomic E-state index is 0.553. The van der Waals surface area contributed by atoms with E-state index >= 15 is 0 Å². The van der Waals surface area contributed by atoms with Crippen LogP contribution in [0.3, 0.4) is 0 Å². The van der Waals surface area contributed by atoms with Crippen LogP contribution in [-0.4, -0.2) is 4.98 Å². The van der Waals surface area contributed by atoms with E-state index in [0.717, 1.165) is 21.7 Å². The first-order valence-corrected chi connectivity index (χ1v) is 6.30. The van der Waals surface area contributed by atoms with Crippen LogP contribution >= 0.6 is 22.9 Å². The third-order valence-corrected chi connectivity index (χ3v) is 3.44. The van der Waals surface area contributed by atoms with Crippen LogP contribution in [0.1, 0.15) is 0 Å². The van der Waals surface area contributed by atoms with E-state index in [0.29, 0.717) is 4.47 Å². The highest BCUT2D eigenvalue weighted by molar-refractivity contribution is 7.22. The number of para-hydroxylation sites is 1. The molecule has 3 rings (SSSR count). The van der Waals surface area contributed by atoms with E-state index in [1.807, 2.05) is 48.5 Å². The summed E-state index contributed by atoms with van der Waals surface area (Å²) in [5.74, 6) is 1.62. The zero-order valence-corrected chi connectivity index (χ0v) is 10.3. The highest BCUT2D eigenvalue weighted by Gasteiger charge is 2.03. The Bertz CT molecular complexity index is 651. The number of hydrogen-bond donors (Lipinski definition) is 0. The molecular weight excluding hydrogens is 254 g/mol. The number of ether oxygens (including phenoxy) is 1. The van der Waals surface area contributed by atoms with E-state index in [-0.39, 0.29) is 0 Å². The number of benzene rings is 2. The van der Waals surface area contributed by atoms with Gasteiger partial charge >= 0.3 is 0 Å². The smallest absolute Gasteiger partial charge is 0.184 e. The average Bonchev–Trinajstić information content (AvgIpc) is 2.70. The molecule has 1 heterocycles. The van der Waals surface area contributed by atoms with Crippen molar-refractivity contribution >= 4 is 33.2 Å². The van der Waals surface area contributed by atoms with E-state index in [1.54, 1.807) is 0 Å². The van der Waals surface area contributed by atoms with Crippen molar-refractivity contribution < 1.29 is 4.74 Å². The Morgan fingerprint density at radius 3 is 2.65 bits per heavy atom. The van der Waals surface area contributed by atoms with Crippen molar-refractivity contribution in [1.82, 2.24) is 4.98 Å². The maximum absolute atomic E-state index is 5.86. The first-order valence-electron chi connectivity index (χ1n) is 5.10. The van der Waals surface area contributed by atoms with Crippen molar-refractivity contribution in [2.75, 3.05) is 0 Å². The second kappa shape index (κ2) is 4.35. The van der Waals surface area contributed by atoms with Crippen molar-refractivity contribution in [3.8, 4) is 11.5 Å². The van der Waals surface area contributed by atoms with Gasteiger partial charge in [-0.05, 0) is 24.3 Å². The van der Waals surface area contributed by atoms with Crippen molar-refractivity contribution in [3.05, 3.63) is 53.0 Å². The topological polar surface area (TPSA) is 22.1 Å². The molecule has 2 aromatic carbocycles. The molecule has 0 aliphatic heterocycles. The lowest BCUT2D eigenvalue weighted by atomic mass is 10.3. The second-order valence-electron chi connectivity index (χ2n) is 3.51. The van der Waals surface area contributed by atoms with Gasteiger partial charge in [0.2, 0.25) is 0 Å². The lowest BCUT2D eigenvalue weighted by molar-refractivity contribution is 0.483. The first kappa shape index (κ1) is 10.6. The van der Waals surface area contributed by atoms with Gasteiger partial charge in [-0.1, -0.05) is 29.8 Å². The predicted octanol–water partition coefficient (Wildman–Crippen LogP) is 4.74. The number of nitrogens with zero attached hydrogens (tertiary/aromatic N) is 1. The molecule has 0 saturated heterocycles. The Morgan fingerprint density at radius 2 is 1.82 bits per heavy atom. The molecule has 0 fully saturated rings. The predicted molar refractivity (Wildman–Crippen MR) is 71.1 cm³/mol. The van der Waals surface area contributed by atoms with Gasteiger partial charge in [0.1, 0.15) is 11.5 Å². The van der Waals surface area contributed by atoms with E-state index in [9.17, 15) is 0 Å². The number of halogens is 1. The molecule has 0 saturated carbocycles. The number of rotatable bonds is 2. The number of aromatic nitrogens is 1. The van der Waals surface area contributed by atoms with E-state index in [1.165, 1.54) is 11.3 Å². The zero-order chi connectivity index (χ0) is 11.7. The van der Waals surface area contributed by atoms with Crippen LogP contribution in [0.5, 0.6) is 11.5 Å². The normalized spacial score (nSPS) is 10.6.